The van der Waals surface area contributed by atoms with Crippen molar-refractivity contribution in [2.45, 2.75) is 18.7 Å². The van der Waals surface area contributed by atoms with Gasteiger partial charge in [0.1, 0.15) is 11.4 Å². The number of thiocarbonyl (C=S) groups is 2. The summed E-state index contributed by atoms with van der Waals surface area (Å²) in [6, 6.07) is 0. The molecule has 2 nitrogen and oxygen atoms in total. The van der Waals surface area contributed by atoms with E-state index in [2.05, 4.69) is 24.4 Å². The van der Waals surface area contributed by atoms with Crippen LogP contribution in [0.5, 0.6) is 0 Å². The van der Waals surface area contributed by atoms with Gasteiger partial charge in [-0.25, -0.2) is 0 Å². The van der Waals surface area contributed by atoms with E-state index in [0.717, 1.165) is 0 Å². The highest BCUT2D eigenvalue weighted by atomic mass is 35.5. The van der Waals surface area contributed by atoms with Gasteiger partial charge in [0.2, 0.25) is 0 Å². The molecule has 0 aromatic rings. The SMILES string of the molecule is CC(=S)OCC(Cl)Cl.CC(O)=S. The zero-order chi connectivity index (χ0) is 10.1. The average molecular weight is 249 g/mol. The smallest absolute Gasteiger partial charge is 0.156 e. The summed E-state index contributed by atoms with van der Waals surface area (Å²) in [5, 5.41) is 8.26. The highest BCUT2D eigenvalue weighted by Crippen LogP contribution is 2.01. The van der Waals surface area contributed by atoms with Crippen molar-refractivity contribution < 1.29 is 9.84 Å². The lowest BCUT2D eigenvalue weighted by Crippen LogP contribution is -2.04. The molecule has 0 saturated carbocycles. The van der Waals surface area contributed by atoms with E-state index >= 15 is 0 Å². The maximum absolute atomic E-state index is 7.79. The predicted molar refractivity (Wildman–Crippen MR) is 60.6 cm³/mol. The lowest BCUT2D eigenvalue weighted by Gasteiger charge is -2.01. The Labute approximate surface area is 92.8 Å². The molecule has 0 aromatic heterocycles. The molecule has 72 valence electrons. The van der Waals surface area contributed by atoms with E-state index in [-0.39, 0.29) is 11.7 Å². The lowest BCUT2D eigenvalue weighted by molar-refractivity contribution is 0.328. The van der Waals surface area contributed by atoms with Crippen molar-refractivity contribution in [3.05, 3.63) is 0 Å². The summed E-state index contributed by atoms with van der Waals surface area (Å²) in [6.07, 6.45) is 0. The van der Waals surface area contributed by atoms with E-state index in [1.807, 2.05) is 0 Å². The minimum atomic E-state index is -0.479. The molecule has 0 rings (SSSR count). The molecule has 6 heteroatoms. The largest absolute Gasteiger partial charge is 0.502 e. The monoisotopic (exact) mass is 248 g/mol. The van der Waals surface area contributed by atoms with Gasteiger partial charge < -0.3 is 9.84 Å². The molecule has 0 atom stereocenters. The van der Waals surface area contributed by atoms with Crippen LogP contribution in [0.2, 0.25) is 0 Å². The van der Waals surface area contributed by atoms with Crippen molar-refractivity contribution in [2.24, 2.45) is 0 Å². The number of hydrogen-bond donors (Lipinski definition) is 1. The molecule has 12 heavy (non-hydrogen) atoms. The van der Waals surface area contributed by atoms with E-state index in [9.17, 15) is 0 Å². The summed E-state index contributed by atoms with van der Waals surface area (Å²) in [5.74, 6) is 0. The number of ether oxygens (including phenoxy) is 1. The van der Waals surface area contributed by atoms with Crippen LogP contribution in [0.25, 0.3) is 0 Å². The van der Waals surface area contributed by atoms with Gasteiger partial charge in [-0.1, -0.05) is 0 Å². The van der Waals surface area contributed by atoms with Crippen LogP contribution in [0, 0.1) is 0 Å². The molecule has 0 saturated heterocycles. The van der Waals surface area contributed by atoms with Crippen molar-refractivity contribution >= 4 is 57.7 Å². The Morgan fingerprint density at radius 2 is 1.75 bits per heavy atom. The van der Waals surface area contributed by atoms with Crippen molar-refractivity contribution in [3.63, 3.8) is 0 Å². The van der Waals surface area contributed by atoms with E-state index in [4.69, 9.17) is 33.0 Å². The number of aliphatic hydroxyl groups is 1. The number of aliphatic hydroxyl groups excluding tert-OH is 1. The Hall–Kier alpha value is 0.360. The first-order chi connectivity index (χ1) is 5.36. The summed E-state index contributed by atoms with van der Waals surface area (Å²) in [7, 11) is 0. The predicted octanol–water partition coefficient (Wildman–Crippen LogP) is 3.05. The van der Waals surface area contributed by atoms with Crippen LogP contribution in [-0.4, -0.2) is 26.7 Å². The second-order valence-electron chi connectivity index (χ2n) is 1.71. The Morgan fingerprint density at radius 3 is 1.83 bits per heavy atom. The molecule has 0 unspecified atom stereocenters. The zero-order valence-electron chi connectivity index (χ0n) is 6.71. The quantitative estimate of drug-likeness (QED) is 0.601. The molecule has 0 radical (unpaired) electrons. The first-order valence-corrected chi connectivity index (χ1v) is 4.66. The summed E-state index contributed by atoms with van der Waals surface area (Å²) in [5.41, 5.74) is 0. The maximum Gasteiger partial charge on any atom is 0.156 e. The molecule has 0 bridgehead atoms. The van der Waals surface area contributed by atoms with Crippen LogP contribution in [0.1, 0.15) is 13.8 Å². The second kappa shape index (κ2) is 9.45. The molecule has 0 aliphatic rings. The van der Waals surface area contributed by atoms with Gasteiger partial charge in [0, 0.05) is 13.8 Å². The van der Waals surface area contributed by atoms with Gasteiger partial charge in [-0.3, -0.25) is 0 Å². The molecule has 0 fully saturated rings. The third kappa shape index (κ3) is 31.6. The second-order valence-corrected chi connectivity index (χ2v) is 4.16. The minimum Gasteiger partial charge on any atom is -0.502 e. The van der Waals surface area contributed by atoms with Gasteiger partial charge >= 0.3 is 0 Å². The molecule has 0 aliphatic heterocycles. The first-order valence-electron chi connectivity index (χ1n) is 2.97. The zero-order valence-corrected chi connectivity index (χ0v) is 9.86. The Morgan fingerprint density at radius 1 is 1.42 bits per heavy atom. The van der Waals surface area contributed by atoms with Gasteiger partial charge in [0.05, 0.1) is 0 Å². The first kappa shape index (κ1) is 14.9. The number of hydrogen-bond acceptors (Lipinski definition) is 3. The number of halogens is 2. The molecule has 0 amide bonds. The number of alkyl halides is 2. The molecule has 0 aromatic carbocycles. The van der Waals surface area contributed by atoms with Gasteiger partial charge in [-0.15, -0.1) is 23.2 Å². The van der Waals surface area contributed by atoms with E-state index in [1.165, 1.54) is 6.92 Å². The van der Waals surface area contributed by atoms with Crippen LogP contribution in [0.15, 0.2) is 0 Å². The third-order valence-corrected chi connectivity index (χ3v) is 0.782. The maximum atomic E-state index is 7.79. The Bertz CT molecular complexity index is 146. The van der Waals surface area contributed by atoms with Crippen LogP contribution < -0.4 is 0 Å². The van der Waals surface area contributed by atoms with Crippen molar-refractivity contribution in [3.8, 4) is 0 Å². The lowest BCUT2D eigenvalue weighted by atomic mass is 10.8. The van der Waals surface area contributed by atoms with E-state index in [0.29, 0.717) is 5.05 Å². The summed E-state index contributed by atoms with van der Waals surface area (Å²) in [6.45, 7) is 3.40. The molecule has 0 heterocycles. The van der Waals surface area contributed by atoms with Crippen LogP contribution in [0.4, 0.5) is 0 Å². The fourth-order valence-electron chi connectivity index (χ4n) is 0.180. The van der Waals surface area contributed by atoms with Gasteiger partial charge in [0.25, 0.3) is 0 Å². The fourth-order valence-corrected chi connectivity index (χ4v) is 0.374. The number of rotatable bonds is 2. The molecular weight excluding hydrogens is 239 g/mol. The van der Waals surface area contributed by atoms with E-state index in [1.54, 1.807) is 6.92 Å². The van der Waals surface area contributed by atoms with Crippen LogP contribution in [-0.2, 0) is 4.74 Å². The molecule has 0 aliphatic carbocycles. The summed E-state index contributed by atoms with van der Waals surface area (Å²) >= 11 is 19.3. The minimum absolute atomic E-state index is 0.000000000000000222. The topological polar surface area (TPSA) is 29.5 Å². The van der Waals surface area contributed by atoms with Crippen molar-refractivity contribution in [1.29, 1.82) is 0 Å². The molecule has 1 N–H and O–H groups in total. The van der Waals surface area contributed by atoms with Crippen LogP contribution in [0.3, 0.4) is 0 Å². The van der Waals surface area contributed by atoms with E-state index < -0.39 is 4.84 Å². The fraction of sp³-hybridized carbons (Fsp3) is 0.667. The van der Waals surface area contributed by atoms with Gasteiger partial charge in [-0.2, -0.15) is 0 Å². The average Bonchev–Trinajstić information content (AvgIpc) is 1.82. The summed E-state index contributed by atoms with van der Waals surface area (Å²) in [4.78, 5) is -0.479. The Kier molecular flexibility index (Phi) is 11.7. The normalized spacial score (nSPS) is 8.42. The third-order valence-electron chi connectivity index (χ3n) is 0.413. The Balaban J connectivity index is 0. The van der Waals surface area contributed by atoms with Crippen LogP contribution >= 0.6 is 47.6 Å². The molecular formula is C6H10Cl2O2S2. The highest BCUT2D eigenvalue weighted by molar-refractivity contribution is 7.80. The standard InChI is InChI=1S/C4H6Cl2OS.C2H4OS/c1-3(8)7-2-4(5)6;1-2(3)4/h4H,2H2,1H3;1H3,(H,3,4). The van der Waals surface area contributed by atoms with Crippen molar-refractivity contribution in [2.75, 3.05) is 6.61 Å². The summed E-state index contributed by atoms with van der Waals surface area (Å²) < 4.78 is 4.77. The van der Waals surface area contributed by atoms with Crippen molar-refractivity contribution in [1.82, 2.24) is 0 Å². The van der Waals surface area contributed by atoms with Gasteiger partial charge in [-0.05, 0) is 24.4 Å². The highest BCUT2D eigenvalue weighted by Gasteiger charge is 1.97. The van der Waals surface area contributed by atoms with Gasteiger partial charge in [0.15, 0.2) is 10.1 Å². The molecule has 0 spiro atoms.